The molecule has 1 fully saturated rings. The van der Waals surface area contributed by atoms with Gasteiger partial charge in [0.1, 0.15) is 11.9 Å². The molecule has 0 spiro atoms. The molecule has 148 valence electrons. The molecular weight excluding hydrogens is 465 g/mol. The number of hydrogen-bond donors (Lipinski definition) is 2. The van der Waals surface area contributed by atoms with Crippen LogP contribution in [0.1, 0.15) is 32.6 Å². The summed E-state index contributed by atoms with van der Waals surface area (Å²) < 4.78 is 11.1. The Morgan fingerprint density at radius 2 is 2.04 bits per heavy atom. The van der Waals surface area contributed by atoms with Gasteiger partial charge in [0.05, 0.1) is 11.6 Å². The van der Waals surface area contributed by atoms with Gasteiger partial charge < -0.3 is 20.1 Å². The highest BCUT2D eigenvalue weighted by Gasteiger charge is 2.36. The molecule has 0 radical (unpaired) electrons. The third kappa shape index (κ3) is 7.12. The number of nitrogens with one attached hydrogen (secondary N) is 2. The van der Waals surface area contributed by atoms with Crippen LogP contribution in [-0.2, 0) is 4.74 Å². The van der Waals surface area contributed by atoms with E-state index in [0.29, 0.717) is 22.7 Å². The Kier molecular flexibility index (Phi) is 10.6. The summed E-state index contributed by atoms with van der Waals surface area (Å²) in [5, 5.41) is 7.41. The van der Waals surface area contributed by atoms with Crippen LogP contribution in [-0.4, -0.2) is 45.9 Å². The lowest BCUT2D eigenvalue weighted by molar-refractivity contribution is 0.0732. The zero-order valence-electron chi connectivity index (χ0n) is 15.9. The molecule has 1 aromatic carbocycles. The molecule has 7 heteroatoms. The fourth-order valence-electron chi connectivity index (χ4n) is 3.04. The minimum Gasteiger partial charge on any atom is -0.487 e. The number of guanidine groups is 1. The van der Waals surface area contributed by atoms with E-state index in [-0.39, 0.29) is 30.1 Å². The van der Waals surface area contributed by atoms with E-state index >= 15 is 0 Å². The second kappa shape index (κ2) is 11.9. The largest absolute Gasteiger partial charge is 0.487 e. The Morgan fingerprint density at radius 1 is 1.31 bits per heavy atom. The van der Waals surface area contributed by atoms with Crippen LogP contribution >= 0.6 is 35.6 Å². The zero-order valence-corrected chi connectivity index (χ0v) is 19.0. The summed E-state index contributed by atoms with van der Waals surface area (Å²) >= 11 is 6.13. The van der Waals surface area contributed by atoms with Crippen molar-refractivity contribution in [2.75, 3.05) is 33.9 Å². The lowest BCUT2D eigenvalue weighted by Crippen LogP contribution is -2.48. The van der Waals surface area contributed by atoms with Crippen molar-refractivity contribution in [3.05, 3.63) is 29.3 Å². The molecule has 5 nitrogen and oxygen atoms in total. The average Bonchev–Trinajstić information content (AvgIpc) is 2.58. The maximum absolute atomic E-state index is 6.13. The summed E-state index contributed by atoms with van der Waals surface area (Å²) in [7, 11) is 3.55. The van der Waals surface area contributed by atoms with Crippen LogP contribution in [0.15, 0.2) is 29.3 Å². The smallest absolute Gasteiger partial charge is 0.191 e. The highest BCUT2D eigenvalue weighted by molar-refractivity contribution is 14.0. The van der Waals surface area contributed by atoms with Gasteiger partial charge in [-0.25, -0.2) is 0 Å². The highest BCUT2D eigenvalue weighted by atomic mass is 127. The Hall–Kier alpha value is -0.730. The van der Waals surface area contributed by atoms with E-state index in [9.17, 15) is 0 Å². The van der Waals surface area contributed by atoms with Crippen LogP contribution in [0.25, 0.3) is 0 Å². The van der Waals surface area contributed by atoms with Crippen LogP contribution in [0.5, 0.6) is 5.75 Å². The molecule has 1 aliphatic carbocycles. The molecule has 1 aromatic rings. The SMILES string of the molecule is CN=C(NCC(C)Oc1ccccc1Cl)NCC1(CCOC)CCC1.I. The number of ether oxygens (including phenoxy) is 2. The minimum absolute atomic E-state index is 0. The Labute approximate surface area is 179 Å². The van der Waals surface area contributed by atoms with Crippen molar-refractivity contribution in [1.29, 1.82) is 0 Å². The van der Waals surface area contributed by atoms with Crippen LogP contribution in [0.4, 0.5) is 0 Å². The van der Waals surface area contributed by atoms with E-state index in [1.54, 1.807) is 14.2 Å². The average molecular weight is 496 g/mol. The van der Waals surface area contributed by atoms with Crippen molar-refractivity contribution in [3.63, 3.8) is 0 Å². The Bertz CT molecular complexity index is 567. The van der Waals surface area contributed by atoms with Gasteiger partial charge in [-0.05, 0) is 43.7 Å². The van der Waals surface area contributed by atoms with Gasteiger partial charge in [-0.15, -0.1) is 24.0 Å². The second-order valence-corrected chi connectivity index (χ2v) is 7.17. The summed E-state index contributed by atoms with van der Waals surface area (Å²) in [6.45, 7) is 4.40. The van der Waals surface area contributed by atoms with Gasteiger partial charge in [0, 0.05) is 27.3 Å². The molecule has 0 amide bonds. The van der Waals surface area contributed by atoms with Crippen molar-refractivity contribution >= 4 is 41.5 Å². The first-order valence-electron chi connectivity index (χ1n) is 8.93. The van der Waals surface area contributed by atoms with E-state index in [2.05, 4.69) is 15.6 Å². The Morgan fingerprint density at radius 3 is 2.62 bits per heavy atom. The molecule has 26 heavy (non-hydrogen) atoms. The molecule has 1 unspecified atom stereocenters. The third-order valence-electron chi connectivity index (χ3n) is 4.83. The van der Waals surface area contributed by atoms with Crippen LogP contribution in [0.2, 0.25) is 5.02 Å². The number of hydrogen-bond acceptors (Lipinski definition) is 3. The van der Waals surface area contributed by atoms with E-state index in [4.69, 9.17) is 21.1 Å². The Balaban J connectivity index is 0.00000338. The van der Waals surface area contributed by atoms with E-state index < -0.39 is 0 Å². The molecule has 1 atom stereocenters. The van der Waals surface area contributed by atoms with Gasteiger partial charge in [-0.1, -0.05) is 30.2 Å². The predicted molar refractivity (Wildman–Crippen MR) is 119 cm³/mol. The number of nitrogens with zero attached hydrogens (tertiary/aromatic N) is 1. The first kappa shape index (κ1) is 23.3. The number of aliphatic imine (C=N–C) groups is 1. The fourth-order valence-corrected chi connectivity index (χ4v) is 3.22. The molecule has 0 heterocycles. The highest BCUT2D eigenvalue weighted by Crippen LogP contribution is 2.43. The number of methoxy groups -OCH3 is 1. The van der Waals surface area contributed by atoms with Gasteiger partial charge in [-0.3, -0.25) is 4.99 Å². The molecule has 1 saturated carbocycles. The molecular formula is C19H31ClIN3O2. The molecule has 2 N–H and O–H groups in total. The number of halogens is 2. The topological polar surface area (TPSA) is 54.9 Å². The first-order valence-corrected chi connectivity index (χ1v) is 9.31. The molecule has 2 rings (SSSR count). The summed E-state index contributed by atoms with van der Waals surface area (Å²) in [4.78, 5) is 4.31. The zero-order chi connectivity index (χ0) is 18.1. The van der Waals surface area contributed by atoms with Gasteiger partial charge >= 0.3 is 0 Å². The van der Waals surface area contributed by atoms with Crippen LogP contribution < -0.4 is 15.4 Å². The first-order chi connectivity index (χ1) is 12.1. The summed E-state index contributed by atoms with van der Waals surface area (Å²) in [6.07, 6.45) is 4.89. The summed E-state index contributed by atoms with van der Waals surface area (Å²) in [6, 6.07) is 7.52. The van der Waals surface area contributed by atoms with Gasteiger partial charge in [0.25, 0.3) is 0 Å². The maximum atomic E-state index is 6.13. The van der Waals surface area contributed by atoms with Gasteiger partial charge in [-0.2, -0.15) is 0 Å². The van der Waals surface area contributed by atoms with Crippen molar-refractivity contribution in [2.45, 2.75) is 38.7 Å². The predicted octanol–water partition coefficient (Wildman–Crippen LogP) is 4.10. The molecule has 0 saturated heterocycles. The standard InChI is InChI=1S/C19H30ClN3O2.HI/c1-15(25-17-8-5-4-7-16(17)20)13-22-18(21-2)23-14-19(9-6-10-19)11-12-24-3;/h4-5,7-8,15H,6,9-14H2,1-3H3,(H2,21,22,23);1H. The van der Waals surface area contributed by atoms with E-state index in [1.165, 1.54) is 19.3 Å². The summed E-state index contributed by atoms with van der Waals surface area (Å²) in [5.74, 6) is 1.51. The molecule has 0 bridgehead atoms. The van der Waals surface area contributed by atoms with E-state index in [0.717, 1.165) is 25.5 Å². The normalized spacial score (nSPS) is 16.8. The van der Waals surface area contributed by atoms with E-state index in [1.807, 2.05) is 31.2 Å². The van der Waals surface area contributed by atoms with Gasteiger partial charge in [0.2, 0.25) is 0 Å². The number of benzene rings is 1. The fraction of sp³-hybridized carbons (Fsp3) is 0.632. The summed E-state index contributed by atoms with van der Waals surface area (Å²) in [5.41, 5.74) is 0.354. The molecule has 0 aliphatic heterocycles. The van der Waals surface area contributed by atoms with Crippen LogP contribution in [0.3, 0.4) is 0 Å². The maximum Gasteiger partial charge on any atom is 0.191 e. The monoisotopic (exact) mass is 495 g/mol. The number of para-hydroxylation sites is 1. The molecule has 1 aliphatic rings. The van der Waals surface area contributed by atoms with Gasteiger partial charge in [0.15, 0.2) is 5.96 Å². The minimum atomic E-state index is -0.0235. The lowest BCUT2D eigenvalue weighted by atomic mass is 9.67. The van der Waals surface area contributed by atoms with Crippen LogP contribution in [0, 0.1) is 5.41 Å². The van der Waals surface area contributed by atoms with Crippen molar-refractivity contribution in [1.82, 2.24) is 10.6 Å². The number of rotatable bonds is 9. The molecule has 0 aromatic heterocycles. The quantitative estimate of drug-likeness (QED) is 0.308. The third-order valence-corrected chi connectivity index (χ3v) is 5.14. The lowest BCUT2D eigenvalue weighted by Gasteiger charge is -2.42. The van der Waals surface area contributed by atoms with Crippen molar-refractivity contribution in [3.8, 4) is 5.75 Å². The van der Waals surface area contributed by atoms with Crippen molar-refractivity contribution < 1.29 is 9.47 Å². The second-order valence-electron chi connectivity index (χ2n) is 6.76. The van der Waals surface area contributed by atoms with Crippen molar-refractivity contribution in [2.24, 2.45) is 10.4 Å².